The summed E-state index contributed by atoms with van der Waals surface area (Å²) in [4.78, 5) is 10.2. The Kier molecular flexibility index (Phi) is 7.91. The van der Waals surface area contributed by atoms with Crippen molar-refractivity contribution in [3.8, 4) is 67.3 Å². The zero-order chi connectivity index (χ0) is 34.1. The van der Waals surface area contributed by atoms with Gasteiger partial charge in [-0.1, -0.05) is 171 Å². The lowest BCUT2D eigenvalue weighted by Gasteiger charge is -2.34. The fourth-order valence-corrected chi connectivity index (χ4v) is 7.76. The highest BCUT2D eigenvalue weighted by Gasteiger charge is 2.31. The molecule has 2 heteroatoms. The summed E-state index contributed by atoms with van der Waals surface area (Å²) >= 11 is 0. The molecule has 0 saturated carbocycles. The van der Waals surface area contributed by atoms with Crippen molar-refractivity contribution in [2.24, 2.45) is 0 Å². The van der Waals surface area contributed by atoms with Gasteiger partial charge in [-0.15, -0.1) is 0 Å². The molecule has 1 aromatic heterocycles. The lowest BCUT2D eigenvalue weighted by Crippen LogP contribution is -2.16. The van der Waals surface area contributed by atoms with Gasteiger partial charge < -0.3 is 0 Å². The number of aromatic nitrogens is 2. The van der Waals surface area contributed by atoms with Crippen molar-refractivity contribution in [1.82, 2.24) is 9.97 Å². The van der Waals surface area contributed by atoms with Gasteiger partial charge in [0.2, 0.25) is 0 Å². The monoisotopic (exact) mass is 652 g/mol. The van der Waals surface area contributed by atoms with Crippen LogP contribution in [0.4, 0.5) is 0 Å². The quantitative estimate of drug-likeness (QED) is 0.179. The van der Waals surface area contributed by atoms with E-state index in [9.17, 15) is 0 Å². The minimum Gasteiger partial charge on any atom is -0.228 e. The van der Waals surface area contributed by atoms with E-state index < -0.39 is 0 Å². The number of hydrogen-bond acceptors (Lipinski definition) is 2. The van der Waals surface area contributed by atoms with Crippen LogP contribution in [0.25, 0.3) is 67.3 Å². The summed E-state index contributed by atoms with van der Waals surface area (Å²) in [7, 11) is 0. The lowest BCUT2D eigenvalue weighted by atomic mass is 9.69. The Labute approximate surface area is 299 Å². The summed E-state index contributed by atoms with van der Waals surface area (Å²) in [6, 6.07) is 67.3. The predicted octanol–water partition coefficient (Wildman–Crippen LogP) is 12.7. The summed E-state index contributed by atoms with van der Waals surface area (Å²) in [5.74, 6) is 1.36. The molecule has 0 bridgehead atoms. The summed E-state index contributed by atoms with van der Waals surface area (Å²) in [6.45, 7) is 2.37. The Bertz CT molecular complexity index is 2410. The maximum absolute atomic E-state index is 5.18. The second-order valence-corrected chi connectivity index (χ2v) is 13.4. The molecule has 0 radical (unpaired) electrons. The lowest BCUT2D eigenvalue weighted by molar-refractivity contribution is 0.649. The molecule has 1 aliphatic carbocycles. The van der Waals surface area contributed by atoms with Crippen molar-refractivity contribution >= 4 is 0 Å². The van der Waals surface area contributed by atoms with Gasteiger partial charge >= 0.3 is 0 Å². The first-order chi connectivity index (χ1) is 25.2. The van der Waals surface area contributed by atoms with Crippen LogP contribution >= 0.6 is 0 Å². The van der Waals surface area contributed by atoms with Gasteiger partial charge in [0.25, 0.3) is 0 Å². The summed E-state index contributed by atoms with van der Waals surface area (Å²) in [6.07, 6.45) is 0. The van der Waals surface area contributed by atoms with Crippen molar-refractivity contribution in [3.63, 3.8) is 0 Å². The van der Waals surface area contributed by atoms with Crippen LogP contribution in [0.1, 0.15) is 35.4 Å². The summed E-state index contributed by atoms with van der Waals surface area (Å²) in [5.41, 5.74) is 16.4. The van der Waals surface area contributed by atoms with E-state index in [1.807, 2.05) is 24.3 Å². The molecule has 242 valence electrons. The molecule has 2 unspecified atom stereocenters. The second-order valence-electron chi connectivity index (χ2n) is 13.4. The fourth-order valence-electron chi connectivity index (χ4n) is 7.76. The summed E-state index contributed by atoms with van der Waals surface area (Å²) < 4.78 is 0. The molecule has 0 aliphatic heterocycles. The van der Waals surface area contributed by atoms with Gasteiger partial charge in [0, 0.05) is 22.6 Å². The van der Waals surface area contributed by atoms with Crippen LogP contribution < -0.4 is 0 Å². The SMILES string of the molecule is CC1c2ccccc2-c2ccccc2C1c1ccc(-c2cc(-c3ccccc3)cc(-c3cc(-c4ccccc4)nc(-c4ccccc4)n3)c2)cc1. The standard InChI is InChI=1S/C49H36N2/c1-33-42-21-11-12-22-43(42)44-23-13-14-24-45(44)48(33)37-27-25-35(26-28-37)40-29-39(34-15-5-2-6-16-34)30-41(31-40)47-32-46(36-17-7-3-8-18-36)50-49(51-47)38-19-9-4-10-20-38/h2-33,48H,1H3. The first-order valence-electron chi connectivity index (χ1n) is 17.7. The Morgan fingerprint density at radius 3 is 1.43 bits per heavy atom. The van der Waals surface area contributed by atoms with Crippen LogP contribution in [0.15, 0.2) is 188 Å². The van der Waals surface area contributed by atoms with Crippen LogP contribution in [-0.2, 0) is 0 Å². The third-order valence-electron chi connectivity index (χ3n) is 10.3. The van der Waals surface area contributed by atoms with Gasteiger partial charge in [0.15, 0.2) is 5.82 Å². The van der Waals surface area contributed by atoms with Gasteiger partial charge in [0.1, 0.15) is 0 Å². The maximum atomic E-state index is 5.18. The van der Waals surface area contributed by atoms with Crippen LogP contribution in [0.5, 0.6) is 0 Å². The van der Waals surface area contributed by atoms with E-state index in [4.69, 9.17) is 9.97 Å². The van der Waals surface area contributed by atoms with Crippen molar-refractivity contribution in [2.45, 2.75) is 18.8 Å². The smallest absolute Gasteiger partial charge is 0.160 e. The molecule has 1 aliphatic rings. The van der Waals surface area contributed by atoms with E-state index in [0.717, 1.165) is 39.2 Å². The Morgan fingerprint density at radius 1 is 0.353 bits per heavy atom. The topological polar surface area (TPSA) is 25.8 Å². The number of rotatable bonds is 6. The van der Waals surface area contributed by atoms with Gasteiger partial charge in [-0.05, 0) is 80.3 Å². The van der Waals surface area contributed by atoms with E-state index >= 15 is 0 Å². The van der Waals surface area contributed by atoms with Crippen LogP contribution in [-0.4, -0.2) is 9.97 Å². The Balaban J connectivity index is 1.16. The number of nitrogens with zero attached hydrogens (tertiary/aromatic N) is 2. The molecule has 2 nitrogen and oxygen atoms in total. The molecule has 51 heavy (non-hydrogen) atoms. The van der Waals surface area contributed by atoms with E-state index in [1.54, 1.807) is 0 Å². The molecule has 0 amide bonds. The number of benzene rings is 7. The molecule has 0 spiro atoms. The summed E-state index contributed by atoms with van der Waals surface area (Å²) in [5, 5.41) is 0. The van der Waals surface area contributed by atoms with Crippen molar-refractivity contribution in [3.05, 3.63) is 205 Å². The fraction of sp³-hybridized carbons (Fsp3) is 0.0612. The maximum Gasteiger partial charge on any atom is 0.160 e. The van der Waals surface area contributed by atoms with Crippen LogP contribution in [0, 0.1) is 0 Å². The van der Waals surface area contributed by atoms with Crippen LogP contribution in [0.3, 0.4) is 0 Å². The average Bonchev–Trinajstić information content (AvgIpc) is 3.22. The molecule has 1 heterocycles. The average molecular weight is 653 g/mol. The minimum absolute atomic E-state index is 0.283. The molecular formula is C49H36N2. The van der Waals surface area contributed by atoms with E-state index in [-0.39, 0.29) is 5.92 Å². The third-order valence-corrected chi connectivity index (χ3v) is 10.3. The molecular weight excluding hydrogens is 617 g/mol. The number of fused-ring (bicyclic) bond motifs is 3. The van der Waals surface area contributed by atoms with Gasteiger partial charge in [-0.25, -0.2) is 9.97 Å². The third kappa shape index (κ3) is 5.85. The molecule has 8 aromatic rings. The zero-order valence-corrected chi connectivity index (χ0v) is 28.4. The van der Waals surface area contributed by atoms with E-state index in [1.165, 1.54) is 38.9 Å². The highest BCUT2D eigenvalue weighted by atomic mass is 14.9. The first kappa shape index (κ1) is 30.7. The largest absolute Gasteiger partial charge is 0.228 e. The Hall–Kier alpha value is -6.38. The van der Waals surface area contributed by atoms with Crippen molar-refractivity contribution < 1.29 is 0 Å². The number of hydrogen-bond donors (Lipinski definition) is 0. The second kappa shape index (κ2) is 13.2. The molecule has 7 aromatic carbocycles. The molecule has 2 atom stereocenters. The normalized spacial score (nSPS) is 14.8. The highest BCUT2D eigenvalue weighted by molar-refractivity contribution is 5.82. The first-order valence-corrected chi connectivity index (χ1v) is 17.7. The van der Waals surface area contributed by atoms with Gasteiger partial charge in [-0.2, -0.15) is 0 Å². The van der Waals surface area contributed by atoms with Crippen LogP contribution in [0.2, 0.25) is 0 Å². The van der Waals surface area contributed by atoms with Gasteiger partial charge in [0.05, 0.1) is 11.4 Å². The molecule has 0 N–H and O–H groups in total. The van der Waals surface area contributed by atoms with E-state index in [2.05, 4.69) is 171 Å². The van der Waals surface area contributed by atoms with Crippen molar-refractivity contribution in [2.75, 3.05) is 0 Å². The molecule has 9 rings (SSSR count). The molecule has 0 saturated heterocycles. The van der Waals surface area contributed by atoms with E-state index in [0.29, 0.717) is 11.7 Å². The molecule has 0 fully saturated rings. The minimum atomic E-state index is 0.283. The van der Waals surface area contributed by atoms with Crippen molar-refractivity contribution in [1.29, 1.82) is 0 Å². The highest BCUT2D eigenvalue weighted by Crippen LogP contribution is 2.49. The Morgan fingerprint density at radius 2 is 0.804 bits per heavy atom. The zero-order valence-electron chi connectivity index (χ0n) is 28.4. The predicted molar refractivity (Wildman–Crippen MR) is 211 cm³/mol. The van der Waals surface area contributed by atoms with Gasteiger partial charge in [-0.3, -0.25) is 0 Å².